The van der Waals surface area contributed by atoms with Crippen molar-refractivity contribution in [3.63, 3.8) is 0 Å². The molecule has 9 nitrogen and oxygen atoms in total. The molecule has 2 aliphatic rings. The van der Waals surface area contributed by atoms with E-state index in [0.29, 0.717) is 51.9 Å². The number of ether oxygens (including phenoxy) is 1. The molecule has 2 aromatic carbocycles. The minimum absolute atomic E-state index is 0.204. The Morgan fingerprint density at radius 3 is 2.39 bits per heavy atom. The Bertz CT molecular complexity index is 1140. The van der Waals surface area contributed by atoms with Crippen molar-refractivity contribution in [2.75, 3.05) is 26.2 Å². The molecule has 1 spiro atoms. The molecule has 3 amide bonds. The van der Waals surface area contributed by atoms with Gasteiger partial charge in [-0.05, 0) is 62.3 Å². The molecule has 1 aliphatic heterocycles. The van der Waals surface area contributed by atoms with Crippen LogP contribution >= 0.6 is 0 Å². The number of unbranched alkanes of at least 4 members (excludes halogenated alkanes) is 1. The fourth-order valence-corrected chi connectivity index (χ4v) is 5.74. The number of hydrogen-bond acceptors (Lipinski definition) is 6. The fraction of sp³-hybridized carbons (Fsp3) is 0.531. The van der Waals surface area contributed by atoms with Crippen LogP contribution in [0.2, 0.25) is 0 Å². The van der Waals surface area contributed by atoms with Gasteiger partial charge in [-0.2, -0.15) is 0 Å². The molecular formula is C32H45N5O4. The highest BCUT2D eigenvalue weighted by atomic mass is 16.5. The molecule has 9 heteroatoms. The lowest BCUT2D eigenvalue weighted by Crippen LogP contribution is -2.63. The van der Waals surface area contributed by atoms with Crippen LogP contribution in [0, 0.1) is 0 Å². The molecule has 222 valence electrons. The summed E-state index contributed by atoms with van der Waals surface area (Å²) in [6, 6.07) is 16.3. The van der Waals surface area contributed by atoms with Crippen molar-refractivity contribution in [2.24, 2.45) is 5.73 Å². The number of carbonyl (C=O) groups excluding carboxylic acids is 3. The highest BCUT2D eigenvalue weighted by molar-refractivity contribution is 5.96. The van der Waals surface area contributed by atoms with Gasteiger partial charge >= 0.3 is 0 Å². The predicted molar refractivity (Wildman–Crippen MR) is 159 cm³/mol. The number of aryl methyl sites for hydroxylation is 1. The molecule has 4 rings (SSSR count). The normalized spacial score (nSPS) is 22.4. The van der Waals surface area contributed by atoms with E-state index in [1.807, 2.05) is 54.6 Å². The maximum Gasteiger partial charge on any atom is 0.246 e. The van der Waals surface area contributed by atoms with Crippen molar-refractivity contribution in [2.45, 2.75) is 81.8 Å². The second-order valence-corrected chi connectivity index (χ2v) is 11.1. The lowest BCUT2D eigenvalue weighted by molar-refractivity contribution is -0.136. The molecular weight excluding hydrogens is 518 g/mol. The summed E-state index contributed by atoms with van der Waals surface area (Å²) in [4.78, 5) is 40.9. The Labute approximate surface area is 243 Å². The SMILES string of the molecule is NCCCC[C@@H]1NCCOc2ccccc2CCCNC(=O)[C@H](Cc2ccccc2)NC(=O)C2(CCCC2)NC1=O. The lowest BCUT2D eigenvalue weighted by atomic mass is 9.93. The monoisotopic (exact) mass is 563 g/mol. The maximum atomic E-state index is 13.9. The highest BCUT2D eigenvalue weighted by Crippen LogP contribution is 2.30. The van der Waals surface area contributed by atoms with Gasteiger partial charge in [0.1, 0.15) is 23.9 Å². The number of fused-ring (bicyclic) bond motifs is 1. The molecule has 1 saturated carbocycles. The summed E-state index contributed by atoms with van der Waals surface area (Å²) in [7, 11) is 0. The number of benzene rings is 2. The summed E-state index contributed by atoms with van der Waals surface area (Å²) < 4.78 is 6.09. The fourth-order valence-electron chi connectivity index (χ4n) is 5.74. The van der Waals surface area contributed by atoms with E-state index < -0.39 is 17.6 Å². The number of rotatable bonds is 6. The van der Waals surface area contributed by atoms with Crippen molar-refractivity contribution in [3.05, 3.63) is 65.7 Å². The topological polar surface area (TPSA) is 135 Å². The van der Waals surface area contributed by atoms with Crippen LogP contribution in [0.1, 0.15) is 62.5 Å². The summed E-state index contributed by atoms with van der Waals surface area (Å²) in [6.45, 7) is 1.93. The third-order valence-corrected chi connectivity index (χ3v) is 8.07. The van der Waals surface area contributed by atoms with Crippen molar-refractivity contribution in [3.8, 4) is 5.75 Å². The van der Waals surface area contributed by atoms with Crippen LogP contribution < -0.4 is 31.7 Å². The molecule has 1 aliphatic carbocycles. The summed E-state index contributed by atoms with van der Waals surface area (Å²) in [5.41, 5.74) is 6.69. The summed E-state index contributed by atoms with van der Waals surface area (Å²) in [5.74, 6) is 0.0850. The van der Waals surface area contributed by atoms with Gasteiger partial charge in [0.25, 0.3) is 0 Å². The van der Waals surface area contributed by atoms with Gasteiger partial charge in [-0.25, -0.2) is 0 Å². The minimum Gasteiger partial charge on any atom is -0.492 e. The van der Waals surface area contributed by atoms with Crippen molar-refractivity contribution in [1.29, 1.82) is 0 Å². The van der Waals surface area contributed by atoms with Gasteiger partial charge in [0.05, 0.1) is 6.04 Å². The molecule has 2 atom stereocenters. The first-order chi connectivity index (χ1) is 20.0. The Hall–Kier alpha value is -3.43. The second kappa shape index (κ2) is 15.5. The van der Waals surface area contributed by atoms with Crippen LogP contribution in [0.5, 0.6) is 5.75 Å². The Morgan fingerprint density at radius 2 is 1.61 bits per heavy atom. The van der Waals surface area contributed by atoms with Crippen LogP contribution in [-0.4, -0.2) is 61.6 Å². The van der Waals surface area contributed by atoms with Crippen LogP contribution in [0.15, 0.2) is 54.6 Å². The van der Waals surface area contributed by atoms with E-state index in [2.05, 4.69) is 21.3 Å². The van der Waals surface area contributed by atoms with E-state index in [1.165, 1.54) is 0 Å². The summed E-state index contributed by atoms with van der Waals surface area (Å²) >= 11 is 0. The van der Waals surface area contributed by atoms with E-state index in [4.69, 9.17) is 10.5 Å². The molecule has 1 fully saturated rings. The zero-order valence-corrected chi connectivity index (χ0v) is 24.0. The average molecular weight is 564 g/mol. The zero-order chi connectivity index (χ0) is 28.9. The van der Waals surface area contributed by atoms with Gasteiger partial charge in [-0.1, -0.05) is 67.8 Å². The first kappa shape index (κ1) is 30.5. The van der Waals surface area contributed by atoms with Gasteiger partial charge in [-0.15, -0.1) is 0 Å². The first-order valence-corrected chi connectivity index (χ1v) is 15.1. The predicted octanol–water partition coefficient (Wildman–Crippen LogP) is 2.37. The van der Waals surface area contributed by atoms with E-state index in [0.717, 1.165) is 55.4 Å². The number of amides is 3. The molecule has 0 bridgehead atoms. The molecule has 6 N–H and O–H groups in total. The summed E-state index contributed by atoms with van der Waals surface area (Å²) in [5, 5.41) is 12.5. The van der Waals surface area contributed by atoms with Gasteiger partial charge < -0.3 is 31.7 Å². The van der Waals surface area contributed by atoms with Gasteiger partial charge in [0.2, 0.25) is 17.7 Å². The quantitative estimate of drug-likeness (QED) is 0.343. The van der Waals surface area contributed by atoms with Crippen LogP contribution in [-0.2, 0) is 27.2 Å². The van der Waals surface area contributed by atoms with Gasteiger partial charge in [0.15, 0.2) is 0 Å². The van der Waals surface area contributed by atoms with Gasteiger partial charge in [0, 0.05) is 19.5 Å². The maximum absolute atomic E-state index is 13.9. The standard InChI is InChI=1S/C32H45N5O4/c33-19-9-6-15-26-30(39)37-32(17-7-8-18-32)31(40)36-27(23-24-11-2-1-3-12-24)29(38)35-20-10-14-25-13-4-5-16-28(25)41-22-21-34-26/h1-5,11-13,16,26-27,34H,6-10,14-15,17-23,33H2,(H,35,38)(H,36,40)(H,37,39)/t26-,27-/m0/s1. The number of para-hydroxylation sites is 1. The van der Waals surface area contributed by atoms with E-state index >= 15 is 0 Å². The zero-order valence-electron chi connectivity index (χ0n) is 24.0. The van der Waals surface area contributed by atoms with Crippen molar-refractivity contribution in [1.82, 2.24) is 21.3 Å². The van der Waals surface area contributed by atoms with Crippen molar-refractivity contribution >= 4 is 17.7 Å². The second-order valence-electron chi connectivity index (χ2n) is 11.1. The smallest absolute Gasteiger partial charge is 0.246 e. The molecule has 1 heterocycles. The Morgan fingerprint density at radius 1 is 0.854 bits per heavy atom. The van der Waals surface area contributed by atoms with E-state index in [1.54, 1.807) is 0 Å². The Kier molecular flexibility index (Phi) is 11.6. The Balaban J connectivity index is 1.58. The van der Waals surface area contributed by atoms with E-state index in [-0.39, 0.29) is 17.7 Å². The first-order valence-electron chi connectivity index (χ1n) is 15.1. The van der Waals surface area contributed by atoms with E-state index in [9.17, 15) is 14.4 Å². The van der Waals surface area contributed by atoms with Gasteiger partial charge in [-0.3, -0.25) is 14.4 Å². The van der Waals surface area contributed by atoms with Crippen LogP contribution in [0.25, 0.3) is 0 Å². The average Bonchev–Trinajstić information content (AvgIpc) is 3.46. The van der Waals surface area contributed by atoms with Crippen LogP contribution in [0.3, 0.4) is 0 Å². The third kappa shape index (κ3) is 8.78. The lowest BCUT2D eigenvalue weighted by Gasteiger charge is -2.33. The largest absolute Gasteiger partial charge is 0.492 e. The number of hydrogen-bond donors (Lipinski definition) is 5. The third-order valence-electron chi connectivity index (χ3n) is 8.07. The number of nitrogens with two attached hydrogens (primary N) is 1. The van der Waals surface area contributed by atoms with Crippen molar-refractivity contribution < 1.29 is 19.1 Å². The molecule has 0 saturated heterocycles. The number of nitrogens with one attached hydrogen (secondary N) is 4. The molecule has 0 unspecified atom stereocenters. The van der Waals surface area contributed by atoms with Crippen LogP contribution in [0.4, 0.5) is 0 Å². The molecule has 41 heavy (non-hydrogen) atoms. The molecule has 0 aromatic heterocycles. The highest BCUT2D eigenvalue weighted by Gasteiger charge is 2.44. The summed E-state index contributed by atoms with van der Waals surface area (Å²) in [6.07, 6.45) is 6.81. The molecule has 0 radical (unpaired) electrons. The molecule has 2 aromatic rings. The minimum atomic E-state index is -1.04. The number of carbonyl (C=O) groups is 3.